The Hall–Kier alpha value is -1.95. The number of carboxylic acids is 1. The molecule has 6 heteroatoms. The van der Waals surface area contributed by atoms with Crippen LogP contribution >= 0.6 is 0 Å². The number of aliphatic carboxylic acids is 1. The first-order valence-corrected chi connectivity index (χ1v) is 6.41. The summed E-state index contributed by atoms with van der Waals surface area (Å²) in [5, 5.41) is 19.8. The van der Waals surface area contributed by atoms with Crippen LogP contribution in [0.3, 0.4) is 0 Å². The van der Waals surface area contributed by atoms with Crippen LogP contribution in [0.2, 0.25) is 0 Å². The Bertz CT molecular complexity index is 494. The number of nitro groups is 1. The van der Waals surface area contributed by atoms with E-state index in [1.165, 1.54) is 6.07 Å². The van der Waals surface area contributed by atoms with Gasteiger partial charge in [0, 0.05) is 30.3 Å². The second kappa shape index (κ2) is 6.47. The van der Waals surface area contributed by atoms with Gasteiger partial charge < -0.3 is 5.11 Å². The van der Waals surface area contributed by atoms with Crippen LogP contribution in [0, 0.1) is 10.1 Å². The van der Waals surface area contributed by atoms with Gasteiger partial charge >= 0.3 is 5.97 Å². The summed E-state index contributed by atoms with van der Waals surface area (Å²) >= 11 is 0. The summed E-state index contributed by atoms with van der Waals surface area (Å²) in [5.74, 6) is -0.873. The molecule has 0 atom stereocenters. The minimum atomic E-state index is -0.873. The van der Waals surface area contributed by atoms with Crippen LogP contribution in [0.1, 0.15) is 32.8 Å². The molecule has 0 amide bonds. The third-order valence-corrected chi connectivity index (χ3v) is 3.09. The number of para-hydroxylation sites is 1. The molecule has 0 radical (unpaired) electrons. The van der Waals surface area contributed by atoms with E-state index in [0.29, 0.717) is 18.7 Å². The SMILES string of the molecule is CC(C)(C)N(CCC(=O)O)Cc1ccccc1[N+](=O)[O-]. The molecule has 1 aromatic carbocycles. The van der Waals surface area contributed by atoms with E-state index >= 15 is 0 Å². The van der Waals surface area contributed by atoms with Crippen LogP contribution in [0.5, 0.6) is 0 Å². The van der Waals surface area contributed by atoms with Gasteiger partial charge in [-0.1, -0.05) is 18.2 Å². The lowest BCUT2D eigenvalue weighted by atomic mass is 10.0. The minimum Gasteiger partial charge on any atom is -0.481 e. The van der Waals surface area contributed by atoms with E-state index in [0.717, 1.165) is 0 Å². The van der Waals surface area contributed by atoms with Crippen LogP contribution in [0.25, 0.3) is 0 Å². The molecule has 1 rings (SSSR count). The Morgan fingerprint density at radius 2 is 1.95 bits per heavy atom. The largest absolute Gasteiger partial charge is 0.481 e. The molecule has 0 aromatic heterocycles. The lowest BCUT2D eigenvalue weighted by Crippen LogP contribution is -2.42. The fourth-order valence-electron chi connectivity index (χ4n) is 1.91. The van der Waals surface area contributed by atoms with E-state index in [-0.39, 0.29) is 17.6 Å². The fourth-order valence-corrected chi connectivity index (χ4v) is 1.91. The first-order chi connectivity index (χ1) is 9.21. The van der Waals surface area contributed by atoms with Crippen molar-refractivity contribution in [2.45, 2.75) is 39.3 Å². The lowest BCUT2D eigenvalue weighted by Gasteiger charge is -2.35. The molecule has 0 bridgehead atoms. The van der Waals surface area contributed by atoms with Crippen LogP contribution in [0.15, 0.2) is 24.3 Å². The molecule has 0 saturated carbocycles. The smallest absolute Gasteiger partial charge is 0.304 e. The average molecular weight is 280 g/mol. The number of rotatable bonds is 6. The lowest BCUT2D eigenvalue weighted by molar-refractivity contribution is -0.385. The Morgan fingerprint density at radius 1 is 1.35 bits per heavy atom. The van der Waals surface area contributed by atoms with Crippen molar-refractivity contribution in [3.05, 3.63) is 39.9 Å². The van der Waals surface area contributed by atoms with Crippen LogP contribution in [-0.2, 0) is 11.3 Å². The summed E-state index contributed by atoms with van der Waals surface area (Å²) in [4.78, 5) is 23.3. The van der Waals surface area contributed by atoms with Crippen LogP contribution in [0.4, 0.5) is 5.69 Å². The van der Waals surface area contributed by atoms with Gasteiger partial charge in [-0.2, -0.15) is 0 Å². The topological polar surface area (TPSA) is 83.7 Å². The minimum absolute atomic E-state index is 0.0118. The van der Waals surface area contributed by atoms with Gasteiger partial charge in [-0.3, -0.25) is 19.8 Å². The predicted molar refractivity (Wildman–Crippen MR) is 75.5 cm³/mol. The molecule has 1 aromatic rings. The standard InChI is InChI=1S/C14H20N2O4/c1-14(2,3)15(9-8-13(17)18)10-11-6-4-5-7-12(11)16(19)20/h4-7H,8-10H2,1-3H3,(H,17,18). The number of benzene rings is 1. The van der Waals surface area contributed by atoms with Gasteiger partial charge in [-0.05, 0) is 20.8 Å². The monoisotopic (exact) mass is 280 g/mol. The van der Waals surface area contributed by atoms with Gasteiger partial charge in [-0.15, -0.1) is 0 Å². The van der Waals surface area contributed by atoms with Crippen molar-refractivity contribution in [1.29, 1.82) is 0 Å². The normalized spacial score (nSPS) is 11.6. The van der Waals surface area contributed by atoms with Crippen molar-refractivity contribution in [3.63, 3.8) is 0 Å². The van der Waals surface area contributed by atoms with E-state index in [4.69, 9.17) is 5.11 Å². The highest BCUT2D eigenvalue weighted by Crippen LogP contribution is 2.23. The van der Waals surface area contributed by atoms with E-state index < -0.39 is 10.9 Å². The summed E-state index contributed by atoms with van der Waals surface area (Å²) in [6.07, 6.45) is 0.0118. The Labute approximate surface area is 118 Å². The van der Waals surface area contributed by atoms with E-state index in [9.17, 15) is 14.9 Å². The molecule has 6 nitrogen and oxygen atoms in total. The van der Waals surface area contributed by atoms with E-state index in [1.807, 2.05) is 25.7 Å². The van der Waals surface area contributed by atoms with Crippen molar-refractivity contribution >= 4 is 11.7 Å². The van der Waals surface area contributed by atoms with Crippen LogP contribution < -0.4 is 0 Å². The van der Waals surface area contributed by atoms with Crippen molar-refractivity contribution in [2.75, 3.05) is 6.54 Å². The van der Waals surface area contributed by atoms with Crippen molar-refractivity contribution in [3.8, 4) is 0 Å². The number of hydrogen-bond donors (Lipinski definition) is 1. The molecule has 110 valence electrons. The molecular formula is C14H20N2O4. The van der Waals surface area contributed by atoms with E-state index in [1.54, 1.807) is 18.2 Å². The molecule has 0 unspecified atom stereocenters. The second-order valence-corrected chi connectivity index (χ2v) is 5.62. The van der Waals surface area contributed by atoms with Gasteiger partial charge in [-0.25, -0.2) is 0 Å². The zero-order valence-corrected chi connectivity index (χ0v) is 12.0. The van der Waals surface area contributed by atoms with Gasteiger partial charge in [0.25, 0.3) is 5.69 Å². The number of nitro benzene ring substituents is 1. The molecule has 1 N–H and O–H groups in total. The van der Waals surface area contributed by atoms with Gasteiger partial charge in [0.05, 0.1) is 11.3 Å². The van der Waals surface area contributed by atoms with Gasteiger partial charge in [0.2, 0.25) is 0 Å². The molecular weight excluding hydrogens is 260 g/mol. The average Bonchev–Trinajstić information content (AvgIpc) is 2.33. The van der Waals surface area contributed by atoms with Gasteiger partial charge in [0.1, 0.15) is 0 Å². The maximum absolute atomic E-state index is 11.0. The maximum Gasteiger partial charge on any atom is 0.304 e. The fraction of sp³-hybridized carbons (Fsp3) is 0.500. The number of carbonyl (C=O) groups is 1. The second-order valence-electron chi connectivity index (χ2n) is 5.62. The molecule has 0 aliphatic heterocycles. The highest BCUT2D eigenvalue weighted by molar-refractivity contribution is 5.66. The summed E-state index contributed by atoms with van der Waals surface area (Å²) < 4.78 is 0. The zero-order chi connectivity index (χ0) is 15.3. The zero-order valence-electron chi connectivity index (χ0n) is 12.0. The third-order valence-electron chi connectivity index (χ3n) is 3.09. The van der Waals surface area contributed by atoms with Crippen molar-refractivity contribution in [2.24, 2.45) is 0 Å². The van der Waals surface area contributed by atoms with E-state index in [2.05, 4.69) is 0 Å². The number of nitrogens with zero attached hydrogens (tertiary/aromatic N) is 2. The Morgan fingerprint density at radius 3 is 2.45 bits per heavy atom. The summed E-state index contributed by atoms with van der Waals surface area (Å²) in [5.41, 5.74) is 0.397. The molecule has 20 heavy (non-hydrogen) atoms. The van der Waals surface area contributed by atoms with Crippen molar-refractivity contribution < 1.29 is 14.8 Å². The summed E-state index contributed by atoms with van der Waals surface area (Å²) in [7, 11) is 0. The number of carboxylic acid groups (broad SMARTS) is 1. The van der Waals surface area contributed by atoms with Gasteiger partial charge in [0.15, 0.2) is 0 Å². The molecule has 0 fully saturated rings. The molecule has 0 heterocycles. The first kappa shape index (κ1) is 16.1. The highest BCUT2D eigenvalue weighted by Gasteiger charge is 2.24. The molecule has 0 aliphatic rings. The maximum atomic E-state index is 11.0. The quantitative estimate of drug-likeness (QED) is 0.639. The molecule has 0 aliphatic carbocycles. The number of hydrogen-bond acceptors (Lipinski definition) is 4. The van der Waals surface area contributed by atoms with Crippen LogP contribution in [-0.4, -0.2) is 33.0 Å². The Balaban J connectivity index is 2.95. The summed E-state index contributed by atoms with van der Waals surface area (Å²) in [6.45, 7) is 6.59. The first-order valence-electron chi connectivity index (χ1n) is 6.41. The van der Waals surface area contributed by atoms with Crippen molar-refractivity contribution in [1.82, 2.24) is 4.90 Å². The summed E-state index contributed by atoms with van der Waals surface area (Å²) in [6, 6.07) is 6.55. The predicted octanol–water partition coefficient (Wildman–Crippen LogP) is 2.67. The highest BCUT2D eigenvalue weighted by atomic mass is 16.6. The Kier molecular flexibility index (Phi) is 5.21. The molecule has 0 spiro atoms. The third kappa shape index (κ3) is 4.62. The molecule has 0 saturated heterocycles.